The lowest BCUT2D eigenvalue weighted by atomic mass is 9.95. The van der Waals surface area contributed by atoms with Gasteiger partial charge in [0.2, 0.25) is 5.91 Å². The van der Waals surface area contributed by atoms with Gasteiger partial charge < -0.3 is 10.4 Å². The number of aliphatic hydroxyl groups is 1. The van der Waals surface area contributed by atoms with Crippen molar-refractivity contribution in [2.24, 2.45) is 5.92 Å². The molecule has 21 heavy (non-hydrogen) atoms. The monoisotopic (exact) mass is 290 g/mol. The molecule has 1 aromatic rings. The van der Waals surface area contributed by atoms with Crippen molar-refractivity contribution in [1.29, 1.82) is 0 Å². The molecule has 1 aliphatic heterocycles. The van der Waals surface area contributed by atoms with Crippen LogP contribution in [0.4, 0.5) is 0 Å². The normalized spacial score (nSPS) is 24.6. The van der Waals surface area contributed by atoms with E-state index in [2.05, 4.69) is 17.1 Å². The summed E-state index contributed by atoms with van der Waals surface area (Å²) in [4.78, 5) is 14.3. The molecule has 3 unspecified atom stereocenters. The minimum atomic E-state index is -0.328. The molecule has 0 aliphatic carbocycles. The van der Waals surface area contributed by atoms with Gasteiger partial charge in [0.05, 0.1) is 12.1 Å². The van der Waals surface area contributed by atoms with Gasteiger partial charge in [0.15, 0.2) is 0 Å². The van der Waals surface area contributed by atoms with Crippen LogP contribution in [0.5, 0.6) is 0 Å². The number of nitrogens with one attached hydrogen (secondary N) is 1. The quantitative estimate of drug-likeness (QED) is 0.887. The van der Waals surface area contributed by atoms with Crippen LogP contribution >= 0.6 is 0 Å². The first kappa shape index (κ1) is 16.0. The van der Waals surface area contributed by atoms with Crippen molar-refractivity contribution >= 4 is 5.91 Å². The highest BCUT2D eigenvalue weighted by molar-refractivity contribution is 5.81. The average Bonchev–Trinajstić information content (AvgIpc) is 2.48. The fraction of sp³-hybridized carbons (Fsp3) is 0.588. The van der Waals surface area contributed by atoms with Crippen LogP contribution < -0.4 is 5.32 Å². The summed E-state index contributed by atoms with van der Waals surface area (Å²) in [5.74, 6) is 0.350. The highest BCUT2D eigenvalue weighted by Gasteiger charge is 2.29. The molecule has 2 rings (SSSR count). The molecular weight excluding hydrogens is 264 g/mol. The molecule has 2 N–H and O–H groups in total. The SMILES string of the molecule is Cc1ccccc1CNC(=O)C(C)N1CCC(C)C(O)C1. The van der Waals surface area contributed by atoms with Crippen LogP contribution in [0.15, 0.2) is 24.3 Å². The second-order valence-electron chi connectivity index (χ2n) is 6.15. The fourth-order valence-corrected chi connectivity index (χ4v) is 2.73. The topological polar surface area (TPSA) is 52.6 Å². The van der Waals surface area contributed by atoms with E-state index < -0.39 is 0 Å². The van der Waals surface area contributed by atoms with Gasteiger partial charge in [-0.3, -0.25) is 9.69 Å². The van der Waals surface area contributed by atoms with E-state index in [9.17, 15) is 9.90 Å². The minimum Gasteiger partial charge on any atom is -0.392 e. The fourth-order valence-electron chi connectivity index (χ4n) is 2.73. The summed E-state index contributed by atoms with van der Waals surface area (Å²) in [5.41, 5.74) is 2.33. The Labute approximate surface area is 127 Å². The third-order valence-corrected chi connectivity index (χ3v) is 4.59. The predicted molar refractivity (Wildman–Crippen MR) is 83.8 cm³/mol. The molecule has 0 spiro atoms. The second-order valence-corrected chi connectivity index (χ2v) is 6.15. The van der Waals surface area contributed by atoms with Crippen LogP contribution in [0.2, 0.25) is 0 Å². The molecule has 3 atom stereocenters. The molecule has 0 bridgehead atoms. The van der Waals surface area contributed by atoms with E-state index in [4.69, 9.17) is 0 Å². The van der Waals surface area contributed by atoms with Crippen LogP contribution in [-0.2, 0) is 11.3 Å². The van der Waals surface area contributed by atoms with Gasteiger partial charge in [-0.2, -0.15) is 0 Å². The van der Waals surface area contributed by atoms with Gasteiger partial charge in [-0.15, -0.1) is 0 Å². The smallest absolute Gasteiger partial charge is 0.237 e. The van der Waals surface area contributed by atoms with Gasteiger partial charge in [-0.25, -0.2) is 0 Å². The molecule has 116 valence electrons. The molecule has 1 fully saturated rings. The molecule has 0 radical (unpaired) electrons. The average molecular weight is 290 g/mol. The van der Waals surface area contributed by atoms with E-state index in [1.54, 1.807) is 0 Å². The van der Waals surface area contributed by atoms with Gasteiger partial charge in [0.25, 0.3) is 0 Å². The van der Waals surface area contributed by atoms with Crippen molar-refractivity contribution in [2.75, 3.05) is 13.1 Å². The number of hydrogen-bond donors (Lipinski definition) is 2. The van der Waals surface area contributed by atoms with E-state index in [0.29, 0.717) is 19.0 Å². The summed E-state index contributed by atoms with van der Waals surface area (Å²) in [6, 6.07) is 7.87. The number of amides is 1. The summed E-state index contributed by atoms with van der Waals surface area (Å²) in [5, 5.41) is 13.0. The molecule has 1 aliphatic rings. The van der Waals surface area contributed by atoms with Gasteiger partial charge >= 0.3 is 0 Å². The van der Waals surface area contributed by atoms with Gasteiger partial charge in [0.1, 0.15) is 0 Å². The molecule has 1 amide bonds. The molecule has 1 saturated heterocycles. The first-order valence-corrected chi connectivity index (χ1v) is 7.73. The van der Waals surface area contributed by atoms with E-state index in [1.165, 1.54) is 5.56 Å². The lowest BCUT2D eigenvalue weighted by molar-refractivity contribution is -0.127. The lowest BCUT2D eigenvalue weighted by Gasteiger charge is -2.37. The Morgan fingerprint density at radius 3 is 2.86 bits per heavy atom. The summed E-state index contributed by atoms with van der Waals surface area (Å²) in [6.45, 7) is 8.04. The molecule has 0 saturated carbocycles. The summed E-state index contributed by atoms with van der Waals surface area (Å²) in [7, 11) is 0. The van der Waals surface area contributed by atoms with Gasteiger partial charge in [0, 0.05) is 13.1 Å². The molecule has 4 nitrogen and oxygen atoms in total. The number of β-amino-alcohol motifs (C(OH)–C–C–N with tert-alkyl or cyclic N) is 1. The standard InChI is InChI=1S/C17H26N2O2/c1-12-6-4-5-7-15(12)10-18-17(21)14(3)19-9-8-13(2)16(20)11-19/h4-7,13-14,16,20H,8-11H2,1-3H3,(H,18,21). The minimum absolute atomic E-state index is 0.0278. The Hall–Kier alpha value is -1.39. The zero-order chi connectivity index (χ0) is 15.4. The maximum Gasteiger partial charge on any atom is 0.237 e. The van der Waals surface area contributed by atoms with E-state index in [1.807, 2.05) is 38.1 Å². The first-order chi connectivity index (χ1) is 9.99. The maximum atomic E-state index is 12.3. The maximum absolute atomic E-state index is 12.3. The van der Waals surface area contributed by atoms with Gasteiger partial charge in [-0.1, -0.05) is 31.2 Å². The van der Waals surface area contributed by atoms with Crippen molar-refractivity contribution in [3.8, 4) is 0 Å². The van der Waals surface area contributed by atoms with Gasteiger partial charge in [-0.05, 0) is 43.9 Å². The summed E-state index contributed by atoms with van der Waals surface area (Å²) >= 11 is 0. The van der Waals surface area contributed by atoms with E-state index in [-0.39, 0.29) is 18.1 Å². The Bertz CT molecular complexity index is 489. The molecule has 1 aromatic carbocycles. The van der Waals surface area contributed by atoms with Crippen molar-refractivity contribution in [1.82, 2.24) is 10.2 Å². The summed E-state index contributed by atoms with van der Waals surface area (Å²) in [6.07, 6.45) is 0.613. The number of rotatable bonds is 4. The number of carbonyl (C=O) groups excluding carboxylic acids is 1. The van der Waals surface area contributed by atoms with Crippen LogP contribution in [-0.4, -0.2) is 41.1 Å². The van der Waals surface area contributed by atoms with Crippen molar-refractivity contribution in [3.05, 3.63) is 35.4 Å². The Morgan fingerprint density at radius 1 is 1.48 bits per heavy atom. The number of aliphatic hydroxyl groups excluding tert-OH is 1. The number of hydrogen-bond acceptors (Lipinski definition) is 3. The summed E-state index contributed by atoms with van der Waals surface area (Å²) < 4.78 is 0. The van der Waals surface area contributed by atoms with Crippen LogP contribution in [0, 0.1) is 12.8 Å². The number of benzene rings is 1. The molecular formula is C17H26N2O2. The Kier molecular flexibility index (Phi) is 5.37. The predicted octanol–water partition coefficient (Wildman–Crippen LogP) is 1.70. The van der Waals surface area contributed by atoms with Crippen LogP contribution in [0.1, 0.15) is 31.4 Å². The highest BCUT2D eigenvalue weighted by atomic mass is 16.3. The third-order valence-electron chi connectivity index (χ3n) is 4.59. The number of carbonyl (C=O) groups is 1. The lowest BCUT2D eigenvalue weighted by Crippen LogP contribution is -2.52. The Balaban J connectivity index is 1.87. The number of aryl methyl sites for hydroxylation is 1. The van der Waals surface area contributed by atoms with E-state index >= 15 is 0 Å². The number of nitrogens with zero attached hydrogens (tertiary/aromatic N) is 1. The van der Waals surface area contributed by atoms with Crippen LogP contribution in [0.3, 0.4) is 0 Å². The zero-order valence-corrected chi connectivity index (χ0v) is 13.2. The second kappa shape index (κ2) is 7.05. The van der Waals surface area contributed by atoms with Crippen molar-refractivity contribution in [3.63, 3.8) is 0 Å². The highest BCUT2D eigenvalue weighted by Crippen LogP contribution is 2.19. The van der Waals surface area contributed by atoms with Crippen molar-refractivity contribution in [2.45, 2.75) is 45.9 Å². The van der Waals surface area contributed by atoms with Crippen molar-refractivity contribution < 1.29 is 9.90 Å². The molecule has 4 heteroatoms. The molecule has 0 aromatic heterocycles. The number of piperidine rings is 1. The first-order valence-electron chi connectivity index (χ1n) is 7.73. The Morgan fingerprint density at radius 2 is 2.19 bits per heavy atom. The van der Waals surface area contributed by atoms with E-state index in [0.717, 1.165) is 18.5 Å². The van der Waals surface area contributed by atoms with Crippen LogP contribution in [0.25, 0.3) is 0 Å². The number of likely N-dealkylation sites (tertiary alicyclic amines) is 1. The zero-order valence-electron chi connectivity index (χ0n) is 13.2. The third kappa shape index (κ3) is 4.05. The molecule has 1 heterocycles. The largest absolute Gasteiger partial charge is 0.392 e.